The van der Waals surface area contributed by atoms with Gasteiger partial charge in [0.05, 0.1) is 0 Å². The van der Waals surface area contributed by atoms with Crippen LogP contribution in [0.4, 0.5) is 0 Å². The van der Waals surface area contributed by atoms with Gasteiger partial charge in [0.1, 0.15) is 0 Å². The van der Waals surface area contributed by atoms with Gasteiger partial charge in [-0.15, -0.1) is 0 Å². The molecule has 0 atom stereocenters. The summed E-state index contributed by atoms with van der Waals surface area (Å²) in [7, 11) is 0. The molecule has 0 nitrogen and oxygen atoms in total. The molecule has 2 aromatic rings. The summed E-state index contributed by atoms with van der Waals surface area (Å²) >= 11 is 2.61. The standard InChI is InChI=1S/C12H10Se.W/c13-12-9-5-4-8-11(12)10-6-2-1-3-7-10;/h1-9,13H;. The third-order valence-corrected chi connectivity index (χ3v) is 2.81. The number of hydrogen-bond acceptors (Lipinski definition) is 0. The average molecular weight is 417 g/mol. The monoisotopic (exact) mass is 418 g/mol. The molecule has 14 heavy (non-hydrogen) atoms. The van der Waals surface area contributed by atoms with E-state index in [2.05, 4.69) is 64.5 Å². The van der Waals surface area contributed by atoms with E-state index in [0.717, 1.165) is 0 Å². The Morgan fingerprint density at radius 1 is 0.714 bits per heavy atom. The van der Waals surface area contributed by atoms with E-state index in [4.69, 9.17) is 0 Å². The second-order valence-electron chi connectivity index (χ2n) is 2.88. The zero-order valence-electron chi connectivity index (χ0n) is 7.55. The van der Waals surface area contributed by atoms with Crippen LogP contribution in [0, 0.1) is 0 Å². The van der Waals surface area contributed by atoms with Crippen LogP contribution < -0.4 is 4.46 Å². The van der Waals surface area contributed by atoms with E-state index in [0.29, 0.717) is 0 Å². The molecule has 0 radical (unpaired) electrons. The van der Waals surface area contributed by atoms with Gasteiger partial charge in [0, 0.05) is 21.1 Å². The van der Waals surface area contributed by atoms with Crippen molar-refractivity contribution in [3.63, 3.8) is 0 Å². The Morgan fingerprint density at radius 3 is 1.93 bits per heavy atom. The van der Waals surface area contributed by atoms with Crippen molar-refractivity contribution in [1.29, 1.82) is 0 Å². The smallest absolute Gasteiger partial charge is 0 e. The van der Waals surface area contributed by atoms with E-state index in [1.165, 1.54) is 15.6 Å². The second-order valence-corrected chi connectivity index (χ2v) is 3.89. The van der Waals surface area contributed by atoms with Crippen molar-refractivity contribution in [1.82, 2.24) is 0 Å². The van der Waals surface area contributed by atoms with E-state index < -0.39 is 0 Å². The average Bonchev–Trinajstić information content (AvgIpc) is 2.20. The maximum absolute atomic E-state index is 2.61. The molecule has 2 rings (SSSR count). The summed E-state index contributed by atoms with van der Waals surface area (Å²) in [5, 5.41) is 0. The topological polar surface area (TPSA) is 0 Å². The maximum Gasteiger partial charge on any atom is 0 e. The Labute approximate surface area is 107 Å². The molecular formula is C12H10SeW. The maximum atomic E-state index is 2.61. The summed E-state index contributed by atoms with van der Waals surface area (Å²) in [6, 6.07) is 18.8. The minimum absolute atomic E-state index is 0. The molecule has 0 aromatic heterocycles. The summed E-state index contributed by atoms with van der Waals surface area (Å²) in [4.78, 5) is 0. The van der Waals surface area contributed by atoms with E-state index in [-0.39, 0.29) is 21.1 Å². The fourth-order valence-electron chi connectivity index (χ4n) is 1.34. The summed E-state index contributed by atoms with van der Waals surface area (Å²) in [6.45, 7) is 0. The third-order valence-electron chi connectivity index (χ3n) is 1.99. The molecule has 0 aliphatic heterocycles. The van der Waals surface area contributed by atoms with Crippen LogP contribution in [0.25, 0.3) is 11.1 Å². The van der Waals surface area contributed by atoms with E-state index in [9.17, 15) is 0 Å². The van der Waals surface area contributed by atoms with Crippen LogP contribution in [0.3, 0.4) is 0 Å². The van der Waals surface area contributed by atoms with Gasteiger partial charge in [-0.2, -0.15) is 0 Å². The van der Waals surface area contributed by atoms with Crippen LogP contribution in [-0.2, 0) is 21.1 Å². The molecule has 0 saturated carbocycles. The van der Waals surface area contributed by atoms with Gasteiger partial charge in [0.25, 0.3) is 0 Å². The fraction of sp³-hybridized carbons (Fsp3) is 0. The molecule has 0 saturated heterocycles. The first-order chi connectivity index (χ1) is 6.38. The predicted molar refractivity (Wildman–Crippen MR) is 58.7 cm³/mol. The van der Waals surface area contributed by atoms with Crippen molar-refractivity contribution < 1.29 is 21.1 Å². The molecular weight excluding hydrogens is 407 g/mol. The van der Waals surface area contributed by atoms with Crippen molar-refractivity contribution in [2.45, 2.75) is 0 Å². The Morgan fingerprint density at radius 2 is 1.29 bits per heavy atom. The van der Waals surface area contributed by atoms with Gasteiger partial charge < -0.3 is 0 Å². The Balaban J connectivity index is 0.000000980. The third kappa shape index (κ3) is 2.57. The van der Waals surface area contributed by atoms with Crippen molar-refractivity contribution in [2.75, 3.05) is 0 Å². The predicted octanol–water partition coefficient (Wildman–Crippen LogP) is 1.88. The van der Waals surface area contributed by atoms with E-state index in [1.807, 2.05) is 6.07 Å². The number of benzene rings is 2. The molecule has 0 amide bonds. The fourth-order valence-corrected chi connectivity index (χ4v) is 1.94. The van der Waals surface area contributed by atoms with Crippen molar-refractivity contribution in [3.8, 4) is 11.1 Å². The van der Waals surface area contributed by atoms with Crippen LogP contribution in [0.2, 0.25) is 0 Å². The Hall–Kier alpha value is -0.352. The van der Waals surface area contributed by atoms with Crippen molar-refractivity contribution in [2.24, 2.45) is 0 Å². The van der Waals surface area contributed by atoms with Crippen LogP contribution in [0.15, 0.2) is 54.6 Å². The minimum Gasteiger partial charge on any atom is 0 e. The summed E-state index contributed by atoms with van der Waals surface area (Å²) in [6.07, 6.45) is 0. The zero-order chi connectivity index (χ0) is 9.10. The summed E-state index contributed by atoms with van der Waals surface area (Å²) in [5.41, 5.74) is 2.57. The molecule has 0 heterocycles. The Kier molecular flexibility index (Phi) is 4.61. The molecule has 0 aliphatic rings. The summed E-state index contributed by atoms with van der Waals surface area (Å²) in [5.74, 6) is 0. The number of rotatable bonds is 1. The van der Waals surface area contributed by atoms with Crippen LogP contribution in [-0.4, -0.2) is 16.0 Å². The quantitative estimate of drug-likeness (QED) is 0.623. The first-order valence-corrected chi connectivity index (χ1v) is 5.15. The normalized spacial score (nSPS) is 9.21. The summed E-state index contributed by atoms with van der Waals surface area (Å²) < 4.78 is 1.27. The molecule has 2 heteroatoms. The van der Waals surface area contributed by atoms with Gasteiger partial charge in [-0.1, -0.05) is 0 Å². The first kappa shape index (κ1) is 11.7. The molecule has 0 unspecified atom stereocenters. The molecule has 70 valence electrons. The van der Waals surface area contributed by atoms with Crippen LogP contribution in [0.1, 0.15) is 0 Å². The Bertz CT molecular complexity index is 398. The molecule has 2 aromatic carbocycles. The van der Waals surface area contributed by atoms with Gasteiger partial charge in [-0.3, -0.25) is 0 Å². The SMILES string of the molecule is [SeH]c1ccccc1-c1ccccc1.[W]. The van der Waals surface area contributed by atoms with Crippen molar-refractivity contribution >= 4 is 20.5 Å². The van der Waals surface area contributed by atoms with E-state index in [1.54, 1.807) is 0 Å². The van der Waals surface area contributed by atoms with Crippen LogP contribution >= 0.6 is 0 Å². The number of hydrogen-bond donors (Lipinski definition) is 0. The molecule has 0 bridgehead atoms. The van der Waals surface area contributed by atoms with Gasteiger partial charge in [0.2, 0.25) is 0 Å². The van der Waals surface area contributed by atoms with Crippen LogP contribution in [0.5, 0.6) is 0 Å². The molecule has 0 aliphatic carbocycles. The first-order valence-electron chi connectivity index (χ1n) is 4.21. The second kappa shape index (κ2) is 5.51. The van der Waals surface area contributed by atoms with Gasteiger partial charge in [-0.05, 0) is 0 Å². The zero-order valence-corrected chi connectivity index (χ0v) is 12.4. The van der Waals surface area contributed by atoms with Crippen molar-refractivity contribution in [3.05, 3.63) is 54.6 Å². The molecule has 0 N–H and O–H groups in total. The molecule has 0 spiro atoms. The largest absolute Gasteiger partial charge is 0 e. The van der Waals surface area contributed by atoms with Gasteiger partial charge in [-0.25, -0.2) is 0 Å². The minimum atomic E-state index is 0. The van der Waals surface area contributed by atoms with Gasteiger partial charge in [0.15, 0.2) is 0 Å². The molecule has 0 fully saturated rings. The van der Waals surface area contributed by atoms with E-state index >= 15 is 0 Å². The van der Waals surface area contributed by atoms with Gasteiger partial charge >= 0.3 is 86.2 Å².